The Labute approximate surface area is 222 Å². The molecule has 5 aromatic rings. The predicted molar refractivity (Wildman–Crippen MR) is 148 cm³/mol. The minimum absolute atomic E-state index is 0.230. The third-order valence-electron chi connectivity index (χ3n) is 6.12. The van der Waals surface area contributed by atoms with Gasteiger partial charge in [-0.3, -0.25) is 4.79 Å². The van der Waals surface area contributed by atoms with Crippen LogP contribution in [0.25, 0.3) is 16.6 Å². The van der Waals surface area contributed by atoms with Crippen molar-refractivity contribution in [3.8, 4) is 17.3 Å². The molecule has 6 rings (SSSR count). The van der Waals surface area contributed by atoms with Crippen LogP contribution in [-0.2, 0) is 0 Å². The molecule has 0 bridgehead atoms. The number of nitrogens with one attached hydrogen (secondary N) is 2. The second-order valence-electron chi connectivity index (χ2n) is 8.93. The van der Waals surface area contributed by atoms with Crippen molar-refractivity contribution in [1.29, 1.82) is 0 Å². The van der Waals surface area contributed by atoms with Gasteiger partial charge >= 0.3 is 0 Å². The molecule has 0 saturated heterocycles. The Morgan fingerprint density at radius 2 is 2.03 bits per heavy atom. The molecule has 4 N–H and O–H groups in total. The number of pyridine rings is 1. The number of rotatable bonds is 8. The van der Waals surface area contributed by atoms with Crippen molar-refractivity contribution in [1.82, 2.24) is 19.7 Å². The van der Waals surface area contributed by atoms with Gasteiger partial charge in [0.25, 0.3) is 0 Å². The first-order chi connectivity index (χ1) is 18.0. The fourth-order valence-corrected chi connectivity index (χ4v) is 4.94. The van der Waals surface area contributed by atoms with E-state index in [1.165, 1.54) is 23.7 Å². The zero-order chi connectivity index (χ0) is 25.5. The number of carbonyl (C=O) groups is 1. The van der Waals surface area contributed by atoms with Crippen molar-refractivity contribution >= 4 is 51.7 Å². The number of hydrogen-bond donors (Lipinski definition) is 3. The number of H-pyrrole nitrogens is 1. The van der Waals surface area contributed by atoms with Crippen LogP contribution >= 0.6 is 23.5 Å². The lowest BCUT2D eigenvalue weighted by molar-refractivity contribution is 0.103. The summed E-state index contributed by atoms with van der Waals surface area (Å²) in [5.74, 6) is 0.902. The monoisotopic (exact) mass is 530 g/mol. The molecule has 0 amide bonds. The van der Waals surface area contributed by atoms with E-state index in [0.717, 1.165) is 22.2 Å². The summed E-state index contributed by atoms with van der Waals surface area (Å²) < 4.78 is 10.7. The summed E-state index contributed by atoms with van der Waals surface area (Å²) in [6, 6.07) is 16.8. The third kappa shape index (κ3) is 4.75. The summed E-state index contributed by atoms with van der Waals surface area (Å²) in [5.41, 5.74) is 10.5. The second-order valence-corrected chi connectivity index (χ2v) is 10.4. The van der Waals surface area contributed by atoms with E-state index in [-0.39, 0.29) is 11.6 Å². The molecule has 1 aliphatic carbocycles. The van der Waals surface area contributed by atoms with Crippen LogP contribution in [0.3, 0.4) is 0 Å². The number of aryl methyl sites for hydroxylation is 1. The molecule has 186 valence electrons. The highest BCUT2D eigenvalue weighted by atomic mass is 35.5. The van der Waals surface area contributed by atoms with E-state index < -0.39 is 0 Å². The number of carbonyl (C=O) groups excluding carboxylic acids is 1. The summed E-state index contributed by atoms with van der Waals surface area (Å²) in [4.78, 5) is 20.9. The van der Waals surface area contributed by atoms with Crippen LogP contribution in [0, 0.1) is 6.92 Å². The van der Waals surface area contributed by atoms with Crippen molar-refractivity contribution in [2.45, 2.75) is 25.0 Å². The first kappa shape index (κ1) is 23.4. The molecule has 10 heteroatoms. The van der Waals surface area contributed by atoms with E-state index in [1.807, 2.05) is 43.3 Å². The van der Waals surface area contributed by atoms with Crippen LogP contribution in [0.5, 0.6) is 11.6 Å². The zero-order valence-corrected chi connectivity index (χ0v) is 21.4. The number of para-hydroxylation sites is 1. The average molecular weight is 531 g/mol. The number of anilines is 2. The Kier molecular flexibility index (Phi) is 6.02. The quantitative estimate of drug-likeness (QED) is 0.154. The number of aromatic nitrogens is 4. The van der Waals surface area contributed by atoms with Gasteiger partial charge in [0, 0.05) is 27.9 Å². The van der Waals surface area contributed by atoms with E-state index >= 15 is 0 Å². The Morgan fingerprint density at radius 1 is 1.19 bits per heavy atom. The van der Waals surface area contributed by atoms with Crippen molar-refractivity contribution in [2.75, 3.05) is 10.5 Å². The maximum absolute atomic E-state index is 13.3. The van der Waals surface area contributed by atoms with E-state index in [4.69, 9.17) is 22.1 Å². The zero-order valence-electron chi connectivity index (χ0n) is 19.9. The van der Waals surface area contributed by atoms with Crippen LogP contribution in [0.1, 0.15) is 34.5 Å². The number of halogens is 1. The first-order valence-electron chi connectivity index (χ1n) is 11.8. The average Bonchev–Trinajstić information content (AvgIpc) is 3.51. The minimum atomic E-state index is -0.230. The normalized spacial score (nSPS) is 13.1. The fraction of sp³-hybridized carbons (Fsp3) is 0.148. The van der Waals surface area contributed by atoms with Crippen molar-refractivity contribution in [3.05, 3.63) is 88.8 Å². The molecule has 3 heterocycles. The van der Waals surface area contributed by atoms with Crippen LogP contribution in [0.2, 0.25) is 5.02 Å². The van der Waals surface area contributed by atoms with E-state index in [2.05, 4.69) is 19.8 Å². The van der Waals surface area contributed by atoms with Crippen LogP contribution < -0.4 is 15.2 Å². The van der Waals surface area contributed by atoms with Gasteiger partial charge in [-0.2, -0.15) is 5.10 Å². The molecule has 0 radical (unpaired) electrons. The predicted octanol–water partition coefficient (Wildman–Crippen LogP) is 6.54. The molecule has 1 aliphatic rings. The minimum Gasteiger partial charge on any atom is -0.437 e. The lowest BCUT2D eigenvalue weighted by Gasteiger charge is -2.11. The Hall–Kier alpha value is -3.95. The maximum atomic E-state index is 13.3. The number of nitrogen functional groups attached to an aromatic ring is 1. The van der Waals surface area contributed by atoms with Crippen LogP contribution in [0.4, 0.5) is 11.5 Å². The van der Waals surface area contributed by atoms with Crippen molar-refractivity contribution in [3.63, 3.8) is 0 Å². The maximum Gasteiger partial charge on any atom is 0.219 e. The number of fused-ring (bicyclic) bond motifs is 1. The van der Waals surface area contributed by atoms with Gasteiger partial charge in [-0.1, -0.05) is 29.8 Å². The molecule has 0 aliphatic heterocycles. The second kappa shape index (κ2) is 9.49. The number of ketones is 1. The molecule has 37 heavy (non-hydrogen) atoms. The van der Waals surface area contributed by atoms with Crippen LogP contribution in [-0.4, -0.2) is 30.8 Å². The smallest absolute Gasteiger partial charge is 0.219 e. The third-order valence-corrected chi connectivity index (χ3v) is 7.59. The van der Waals surface area contributed by atoms with E-state index in [9.17, 15) is 4.79 Å². The molecule has 0 unspecified atom stereocenters. The van der Waals surface area contributed by atoms with Gasteiger partial charge < -0.3 is 20.2 Å². The largest absolute Gasteiger partial charge is 0.437 e. The summed E-state index contributed by atoms with van der Waals surface area (Å²) in [5, 5.41) is 6.52. The number of benzene rings is 2. The standard InChI is InChI=1S/C27H23ClN6O2S/c1-15-10-25(36-24-5-3-2-4-20(24)28)30-14-23(15)34-27(29)19(13-31-34)26(35)22-11-16-6-7-17(12-21(16)32-22)33-37-18-8-9-18/h2-7,10-14,18,32-33H,8-9,29H2,1H3. The highest BCUT2D eigenvalue weighted by Crippen LogP contribution is 2.35. The molecule has 0 spiro atoms. The van der Waals surface area contributed by atoms with Gasteiger partial charge in [-0.15, -0.1) is 0 Å². The van der Waals surface area contributed by atoms with E-state index in [1.54, 1.807) is 36.3 Å². The number of nitrogens with zero attached hydrogens (tertiary/aromatic N) is 3. The van der Waals surface area contributed by atoms with Gasteiger partial charge in [0.2, 0.25) is 11.7 Å². The Morgan fingerprint density at radius 3 is 2.81 bits per heavy atom. The van der Waals surface area contributed by atoms with Gasteiger partial charge in [0.15, 0.2) is 0 Å². The van der Waals surface area contributed by atoms with Gasteiger partial charge in [-0.25, -0.2) is 9.67 Å². The SMILES string of the molecule is Cc1cc(Oc2ccccc2Cl)ncc1-n1ncc(C(=O)c2cc3ccc(NSC4CC4)cc3[nH]2)c1N. The van der Waals surface area contributed by atoms with Crippen molar-refractivity contribution in [2.24, 2.45) is 0 Å². The fourth-order valence-electron chi connectivity index (χ4n) is 3.96. The molecular weight excluding hydrogens is 508 g/mol. The Balaban J connectivity index is 1.23. The lowest BCUT2D eigenvalue weighted by Crippen LogP contribution is -2.09. The molecule has 1 saturated carbocycles. The molecule has 8 nitrogen and oxygen atoms in total. The highest BCUT2D eigenvalue weighted by Gasteiger charge is 2.23. The van der Waals surface area contributed by atoms with Gasteiger partial charge in [0.05, 0.1) is 34.4 Å². The van der Waals surface area contributed by atoms with Gasteiger partial charge in [0.1, 0.15) is 11.6 Å². The van der Waals surface area contributed by atoms with Gasteiger partial charge in [-0.05, 0) is 67.6 Å². The summed E-state index contributed by atoms with van der Waals surface area (Å²) in [6.45, 7) is 1.89. The number of ether oxygens (including phenoxy) is 1. The molecule has 2 aromatic carbocycles. The van der Waals surface area contributed by atoms with Crippen molar-refractivity contribution < 1.29 is 9.53 Å². The molecular formula is C27H23ClN6O2S. The van der Waals surface area contributed by atoms with Crippen LogP contribution in [0.15, 0.2) is 67.0 Å². The number of nitrogens with two attached hydrogens (primary N) is 1. The summed E-state index contributed by atoms with van der Waals surface area (Å²) >= 11 is 7.93. The molecule has 1 fully saturated rings. The topological polar surface area (TPSA) is 111 Å². The number of aromatic amines is 1. The summed E-state index contributed by atoms with van der Waals surface area (Å²) in [7, 11) is 0. The summed E-state index contributed by atoms with van der Waals surface area (Å²) in [6.07, 6.45) is 5.60. The molecule has 3 aromatic heterocycles. The number of hydrogen-bond acceptors (Lipinski definition) is 7. The first-order valence-corrected chi connectivity index (χ1v) is 13.0. The Bertz CT molecular complexity index is 1640. The molecule has 0 atom stereocenters. The van der Waals surface area contributed by atoms with E-state index in [0.29, 0.717) is 38.8 Å². The highest BCUT2D eigenvalue weighted by molar-refractivity contribution is 8.01. The lowest BCUT2D eigenvalue weighted by atomic mass is 10.1.